The third-order valence-corrected chi connectivity index (χ3v) is 7.63. The number of rotatable bonds is 5. The van der Waals surface area contributed by atoms with Crippen molar-refractivity contribution >= 4 is 34.2 Å². The maximum Gasteiger partial charge on any atom is 0.433 e. The third-order valence-electron chi connectivity index (χ3n) is 7.63. The Labute approximate surface area is 243 Å². The first-order valence-corrected chi connectivity index (χ1v) is 13.4. The van der Waals surface area contributed by atoms with E-state index in [0.29, 0.717) is 23.5 Å². The van der Waals surface area contributed by atoms with Crippen molar-refractivity contribution in [3.8, 4) is 17.2 Å². The van der Waals surface area contributed by atoms with E-state index in [1.165, 1.54) is 29.2 Å². The highest BCUT2D eigenvalue weighted by Gasteiger charge is 2.52. The van der Waals surface area contributed by atoms with Gasteiger partial charge in [-0.05, 0) is 50.2 Å². The number of hydrogen-bond donors (Lipinski definition) is 1. The van der Waals surface area contributed by atoms with Gasteiger partial charge in [-0.1, -0.05) is 6.07 Å². The van der Waals surface area contributed by atoms with Gasteiger partial charge in [0.15, 0.2) is 17.3 Å². The number of methoxy groups -OCH3 is 1. The number of anilines is 1. The van der Waals surface area contributed by atoms with E-state index in [9.17, 15) is 22.8 Å². The van der Waals surface area contributed by atoms with E-state index >= 15 is 0 Å². The summed E-state index contributed by atoms with van der Waals surface area (Å²) in [4.78, 5) is 41.4. The van der Waals surface area contributed by atoms with Crippen LogP contribution in [0.4, 0.5) is 19.0 Å². The first-order chi connectivity index (χ1) is 20.4. The molecule has 4 aromatic rings. The minimum atomic E-state index is -4.66. The van der Waals surface area contributed by atoms with E-state index in [-0.39, 0.29) is 53.0 Å². The Morgan fingerprint density at radius 3 is 2.63 bits per heavy atom. The number of ether oxygens (including phenoxy) is 1. The normalized spacial score (nSPS) is 19.4. The predicted molar refractivity (Wildman–Crippen MR) is 149 cm³/mol. The number of carbonyl (C=O) groups excluding carboxylic acids is 2. The van der Waals surface area contributed by atoms with Crippen molar-refractivity contribution in [1.82, 2.24) is 19.9 Å². The number of oxazole rings is 1. The van der Waals surface area contributed by atoms with Crippen LogP contribution in [-0.2, 0) is 11.0 Å². The predicted octanol–water partition coefficient (Wildman–Crippen LogP) is 4.59. The number of nitrogens with zero attached hydrogens (tertiary/aromatic N) is 6. The van der Waals surface area contributed by atoms with Gasteiger partial charge in [-0.25, -0.2) is 15.0 Å². The average molecular weight is 594 g/mol. The van der Waals surface area contributed by atoms with Crippen molar-refractivity contribution in [3.63, 3.8) is 0 Å². The van der Waals surface area contributed by atoms with Crippen LogP contribution in [0.2, 0.25) is 0 Å². The van der Waals surface area contributed by atoms with Gasteiger partial charge in [-0.15, -0.1) is 0 Å². The van der Waals surface area contributed by atoms with Crippen LogP contribution < -0.4 is 15.5 Å². The molecule has 0 saturated carbocycles. The molecular weight excluding hydrogens is 567 g/mol. The molecule has 6 rings (SSSR count). The minimum absolute atomic E-state index is 0.0198. The van der Waals surface area contributed by atoms with Crippen LogP contribution in [0.5, 0.6) is 5.75 Å². The highest BCUT2D eigenvalue weighted by atomic mass is 19.4. The van der Waals surface area contributed by atoms with Crippen LogP contribution in [0.15, 0.2) is 58.2 Å². The number of carbonyl (C=O) groups is 2. The molecule has 14 heteroatoms. The molecule has 0 aliphatic carbocycles. The van der Waals surface area contributed by atoms with Crippen molar-refractivity contribution < 1.29 is 31.9 Å². The quantitative estimate of drug-likeness (QED) is 0.355. The summed E-state index contributed by atoms with van der Waals surface area (Å²) in [6.45, 7) is 3.68. The fourth-order valence-corrected chi connectivity index (χ4v) is 5.39. The number of hydrogen-bond acceptors (Lipinski definition) is 9. The van der Waals surface area contributed by atoms with E-state index < -0.39 is 29.2 Å². The topological polar surface area (TPSA) is 140 Å². The van der Waals surface area contributed by atoms with Gasteiger partial charge in [-0.2, -0.15) is 23.3 Å². The molecule has 43 heavy (non-hydrogen) atoms. The Balaban J connectivity index is 1.35. The summed E-state index contributed by atoms with van der Waals surface area (Å²) >= 11 is 0. The van der Waals surface area contributed by atoms with Crippen LogP contribution in [-0.4, -0.2) is 57.6 Å². The van der Waals surface area contributed by atoms with E-state index in [4.69, 9.17) is 14.9 Å². The number of nitrogens with two attached hydrogens (primary N) is 1. The number of benzene rings is 1. The largest absolute Gasteiger partial charge is 0.494 e. The maximum absolute atomic E-state index is 13.9. The maximum atomic E-state index is 13.9. The Kier molecular flexibility index (Phi) is 6.68. The number of fused-ring (bicyclic) bond motifs is 2. The second-order valence-electron chi connectivity index (χ2n) is 10.6. The number of piperidine rings is 1. The molecule has 2 amide bonds. The molecule has 2 N–H and O–H groups in total. The van der Waals surface area contributed by atoms with Crippen LogP contribution in [0, 0.1) is 5.41 Å². The number of pyridine rings is 2. The van der Waals surface area contributed by atoms with Crippen molar-refractivity contribution in [3.05, 3.63) is 65.8 Å². The number of alkyl halides is 3. The average Bonchev–Trinajstić information content (AvgIpc) is 3.55. The lowest BCUT2D eigenvalue weighted by atomic mass is 9.79. The summed E-state index contributed by atoms with van der Waals surface area (Å²) < 4.78 is 51.4. The molecule has 2 atom stereocenters. The van der Waals surface area contributed by atoms with Crippen LogP contribution in [0.25, 0.3) is 22.4 Å². The number of hydrazone groups is 1. The molecule has 0 spiro atoms. The van der Waals surface area contributed by atoms with Crippen molar-refractivity contribution in [2.75, 3.05) is 25.2 Å². The lowest BCUT2D eigenvalue weighted by Crippen LogP contribution is -2.53. The highest BCUT2D eigenvalue weighted by Crippen LogP contribution is 2.40. The van der Waals surface area contributed by atoms with Crippen molar-refractivity contribution in [1.29, 1.82) is 0 Å². The molecule has 2 aliphatic heterocycles. The van der Waals surface area contributed by atoms with Gasteiger partial charge < -0.3 is 19.8 Å². The molecule has 0 bridgehead atoms. The Morgan fingerprint density at radius 2 is 1.95 bits per heavy atom. The third kappa shape index (κ3) is 4.67. The summed E-state index contributed by atoms with van der Waals surface area (Å²) in [5, 5.41) is 6.05. The fraction of sp³-hybridized carbons (Fsp3) is 0.310. The van der Waals surface area contributed by atoms with E-state index in [1.807, 2.05) is 0 Å². The lowest BCUT2D eigenvalue weighted by Gasteiger charge is -2.36. The fourth-order valence-electron chi connectivity index (χ4n) is 5.39. The van der Waals surface area contributed by atoms with Gasteiger partial charge in [0.1, 0.15) is 22.4 Å². The van der Waals surface area contributed by atoms with Crippen LogP contribution >= 0.6 is 0 Å². The number of halogens is 3. The molecule has 3 aromatic heterocycles. The second-order valence-corrected chi connectivity index (χ2v) is 10.6. The summed E-state index contributed by atoms with van der Waals surface area (Å²) in [5.41, 5.74) is 4.87. The van der Waals surface area contributed by atoms with Crippen LogP contribution in [0.3, 0.4) is 0 Å². The molecule has 5 heterocycles. The lowest BCUT2D eigenvalue weighted by molar-refractivity contribution is -0.141. The second kappa shape index (κ2) is 10.2. The summed E-state index contributed by atoms with van der Waals surface area (Å²) in [6.07, 6.45) is -2.74. The molecule has 222 valence electrons. The first-order valence-electron chi connectivity index (χ1n) is 13.4. The molecule has 1 aromatic carbocycles. The first kappa shape index (κ1) is 28.3. The van der Waals surface area contributed by atoms with Gasteiger partial charge in [0, 0.05) is 36.7 Å². The van der Waals surface area contributed by atoms with Gasteiger partial charge >= 0.3 is 6.18 Å². The smallest absolute Gasteiger partial charge is 0.433 e. The molecule has 0 radical (unpaired) electrons. The summed E-state index contributed by atoms with van der Waals surface area (Å²) in [6, 6.07) is 9.55. The molecule has 2 aliphatic rings. The molecule has 11 nitrogen and oxygen atoms in total. The summed E-state index contributed by atoms with van der Waals surface area (Å²) in [5.74, 6) is -0.211. The zero-order valence-electron chi connectivity index (χ0n) is 23.3. The van der Waals surface area contributed by atoms with Gasteiger partial charge in [0.05, 0.1) is 18.9 Å². The monoisotopic (exact) mass is 593 g/mol. The van der Waals surface area contributed by atoms with E-state index in [1.54, 1.807) is 44.3 Å². The Bertz CT molecular complexity index is 1790. The SMILES string of the molecule is COc1ccc(-c2nc(C(=O)N3CCC4=NN(c5ccccn5)C(=O)C4(C)C3)c([C@H](C)N)o2)c2ccc(C(F)(F)F)nc12. The standard InChI is InChI=1S/C29H26F3N7O4/c1-15(33)24-23(26(40)38-13-11-19-28(2,14-38)27(41)39(37-19)21-6-4-5-12-34-21)36-25(43-24)17-7-9-18(42-3)22-16(17)8-10-20(35-22)29(30,31)32/h4-10,12,15H,11,13-14,33H2,1-3H3/t15-,28?/m0/s1. The molecule has 1 unspecified atom stereocenters. The van der Waals surface area contributed by atoms with Gasteiger partial charge in [-0.3, -0.25) is 9.59 Å². The Hall–Kier alpha value is -4.85. The zero-order valence-corrected chi connectivity index (χ0v) is 23.3. The highest BCUT2D eigenvalue weighted by molar-refractivity contribution is 6.19. The van der Waals surface area contributed by atoms with E-state index in [2.05, 4.69) is 20.1 Å². The van der Waals surface area contributed by atoms with Crippen molar-refractivity contribution in [2.24, 2.45) is 16.3 Å². The number of aromatic nitrogens is 3. The Morgan fingerprint density at radius 1 is 1.16 bits per heavy atom. The molecule has 1 fully saturated rings. The van der Waals surface area contributed by atoms with Gasteiger partial charge in [0.2, 0.25) is 5.89 Å². The minimum Gasteiger partial charge on any atom is -0.494 e. The van der Waals surface area contributed by atoms with Crippen molar-refractivity contribution in [2.45, 2.75) is 32.5 Å². The number of amides is 2. The van der Waals surface area contributed by atoms with Gasteiger partial charge in [0.25, 0.3) is 11.8 Å². The number of likely N-dealkylation sites (tertiary alicyclic amines) is 1. The molecular formula is C29H26F3N7O4. The van der Waals surface area contributed by atoms with E-state index in [0.717, 1.165) is 6.07 Å². The zero-order chi connectivity index (χ0) is 30.7. The van der Waals surface area contributed by atoms with Crippen LogP contribution in [0.1, 0.15) is 48.3 Å². The molecule has 1 saturated heterocycles. The summed E-state index contributed by atoms with van der Waals surface area (Å²) in [7, 11) is 1.33.